The first-order valence-electron chi connectivity index (χ1n) is 35.2. The van der Waals surface area contributed by atoms with Gasteiger partial charge in [-0.15, -0.1) is 0 Å². The van der Waals surface area contributed by atoms with Gasteiger partial charge in [0.1, 0.15) is 54.9 Å². The number of hydrogen-bond acceptors (Lipinski definition) is 21. The monoisotopic (exact) mass is 1310 g/mol. The summed E-state index contributed by atoms with van der Waals surface area (Å²) in [5, 5.41) is 145. The summed E-state index contributed by atoms with van der Waals surface area (Å²) in [6.07, 6.45) is -8.60. The summed E-state index contributed by atoms with van der Waals surface area (Å²) < 4.78 is 38.2. The van der Waals surface area contributed by atoms with Gasteiger partial charge in [-0.1, -0.05) is 106 Å². The van der Waals surface area contributed by atoms with Crippen LogP contribution in [0.1, 0.15) is 199 Å². The first-order chi connectivity index (χ1) is 43.1. The van der Waals surface area contributed by atoms with Crippen LogP contribution in [-0.2, 0) is 38.0 Å². The molecule has 0 unspecified atom stereocenters. The molecule has 31 atom stereocenters. The van der Waals surface area contributed by atoms with Gasteiger partial charge < -0.3 is 94.8 Å². The van der Waals surface area contributed by atoms with Gasteiger partial charge in [-0.2, -0.15) is 0 Å². The highest BCUT2D eigenvalue weighted by Gasteiger charge is 2.77. The van der Waals surface area contributed by atoms with Crippen molar-refractivity contribution in [1.29, 1.82) is 0 Å². The van der Waals surface area contributed by atoms with Crippen molar-refractivity contribution < 1.29 is 104 Å². The Hall–Kier alpha value is -2.26. The lowest BCUT2D eigenvalue weighted by molar-refractivity contribution is -0.301. The molecule has 12 aliphatic rings. The van der Waals surface area contributed by atoms with Gasteiger partial charge in [-0.25, -0.2) is 0 Å². The highest BCUT2D eigenvalue weighted by Crippen LogP contribution is 2.79. The van der Waals surface area contributed by atoms with Gasteiger partial charge in [0, 0.05) is 21.7 Å². The van der Waals surface area contributed by atoms with Gasteiger partial charge in [-0.3, -0.25) is 9.59 Å². The van der Waals surface area contributed by atoms with Crippen molar-refractivity contribution in [2.45, 2.75) is 303 Å². The van der Waals surface area contributed by atoms with Crippen molar-refractivity contribution in [2.24, 2.45) is 88.7 Å². The van der Waals surface area contributed by atoms with Gasteiger partial charge in [0.05, 0.1) is 60.7 Å². The second kappa shape index (κ2) is 22.9. The van der Waals surface area contributed by atoms with Crippen LogP contribution in [-0.4, -0.2) is 202 Å². The largest absolute Gasteiger partial charge is 0.432 e. The molecule has 528 valence electrons. The van der Waals surface area contributed by atoms with E-state index in [2.05, 4.69) is 67.5 Å². The highest BCUT2D eigenvalue weighted by atomic mass is 16.8. The lowest BCUT2D eigenvalue weighted by atomic mass is 9.31. The molecule has 0 aromatic rings. The Morgan fingerprint density at radius 1 is 0.591 bits per heavy atom. The van der Waals surface area contributed by atoms with E-state index < -0.39 is 189 Å². The van der Waals surface area contributed by atoms with Gasteiger partial charge in [-0.05, 0) is 172 Å². The van der Waals surface area contributed by atoms with Crippen LogP contribution in [0.2, 0.25) is 0 Å². The zero-order chi connectivity index (χ0) is 68.2. The van der Waals surface area contributed by atoms with E-state index in [1.807, 2.05) is 34.6 Å². The quantitative estimate of drug-likeness (QED) is 0.0980. The van der Waals surface area contributed by atoms with Crippen molar-refractivity contribution in [3.8, 4) is 0 Å². The van der Waals surface area contributed by atoms with Crippen LogP contribution in [0.25, 0.3) is 0 Å². The molecule has 0 aromatic carbocycles. The number of carbonyl (C=O) groups is 2. The molecule has 0 aromatic heterocycles. The fourth-order valence-corrected chi connectivity index (χ4v) is 24.2. The molecule has 12 rings (SSSR count). The summed E-state index contributed by atoms with van der Waals surface area (Å²) in [6.45, 7) is 26.1. The van der Waals surface area contributed by atoms with Crippen LogP contribution in [0.5, 0.6) is 0 Å². The number of hydrogen-bond donors (Lipinski definition) is 13. The van der Waals surface area contributed by atoms with Gasteiger partial charge >= 0.3 is 11.9 Å². The van der Waals surface area contributed by atoms with Crippen molar-refractivity contribution in [2.75, 3.05) is 19.8 Å². The first-order valence-corrected chi connectivity index (χ1v) is 35.2. The van der Waals surface area contributed by atoms with Crippen molar-refractivity contribution in [3.63, 3.8) is 0 Å². The summed E-state index contributed by atoms with van der Waals surface area (Å²) in [4.78, 5) is 30.6. The Morgan fingerprint density at radius 2 is 1.15 bits per heavy atom. The van der Waals surface area contributed by atoms with Crippen LogP contribution >= 0.6 is 0 Å². The molecule has 93 heavy (non-hydrogen) atoms. The molecular formula is C72H114O21. The molecule has 0 spiro atoms. The number of carbonyl (C=O) groups excluding carboxylic acids is 2. The number of ether oxygens (including phenoxy) is 6. The number of allylic oxidation sites excluding steroid dienone is 3. The van der Waals surface area contributed by atoms with Gasteiger partial charge in [0.15, 0.2) is 6.29 Å². The van der Waals surface area contributed by atoms with E-state index in [0.29, 0.717) is 77.0 Å². The van der Waals surface area contributed by atoms with Crippen molar-refractivity contribution in [3.05, 3.63) is 23.3 Å². The van der Waals surface area contributed by atoms with Crippen molar-refractivity contribution >= 4 is 11.9 Å². The van der Waals surface area contributed by atoms with E-state index in [-0.39, 0.29) is 42.1 Å². The standard InChI is InChI=1S/C72H114O21/c1-60(2)23-28-72(58(87)92-55-50(82)48(80)46(78)40(34-74)89-55)29-25-67(10)44(70(72,13)56(60)85)17-16-43-66(67,9)20-18-37-30-68(11)53(52(84)69(37,43)12)90-59(93-68)61(3,4)22-26-71(57(86)91-54-49(81)47(79)45(77)39(33-73)88-54)27-24-64(7)36(31-71)14-15-42-62(5)32-38(76)51(83)63(6,35-75)41(62)19-21-65(42,64)8/h14,17,37-43,45-56,59,73-85H,15-16,18-35H2,1-13H3/t37-,38+,39+,40-,41+,42+,43-,45-,46-,47-,48-,49-,50-,51-,52-,53+,54-,55+,56+,59+,62-,63+,64+,65+,66-,67+,68+,69-,70+,71-,72+/m0/s1. The van der Waals surface area contributed by atoms with Gasteiger partial charge in [0.2, 0.25) is 12.6 Å². The molecule has 21 nitrogen and oxygen atoms in total. The summed E-state index contributed by atoms with van der Waals surface area (Å²) >= 11 is 0. The zero-order valence-corrected chi connectivity index (χ0v) is 57.4. The fraction of sp³-hybridized carbons (Fsp3) is 0.917. The van der Waals surface area contributed by atoms with E-state index in [0.717, 1.165) is 36.8 Å². The second-order valence-corrected chi connectivity index (χ2v) is 35.8. The predicted octanol–water partition coefficient (Wildman–Crippen LogP) is 4.76. The third-order valence-electron chi connectivity index (χ3n) is 30.9. The lowest BCUT2D eigenvalue weighted by Gasteiger charge is -2.73. The summed E-state index contributed by atoms with van der Waals surface area (Å²) in [6, 6.07) is 0. The maximum Gasteiger partial charge on any atom is 0.315 e. The highest BCUT2D eigenvalue weighted by molar-refractivity contribution is 5.80. The molecule has 0 amide bonds. The maximum atomic E-state index is 15.4. The number of fused-ring (bicyclic) bond motifs is 13. The average Bonchev–Trinajstić information content (AvgIpc) is 0.804. The molecule has 7 saturated carbocycles. The third kappa shape index (κ3) is 9.49. The topological polar surface area (TPSA) is 353 Å². The van der Waals surface area contributed by atoms with E-state index >= 15 is 9.59 Å². The fourth-order valence-electron chi connectivity index (χ4n) is 24.2. The minimum atomic E-state index is -1.81. The molecule has 3 saturated heterocycles. The maximum absolute atomic E-state index is 15.4. The Kier molecular flexibility index (Phi) is 17.4. The van der Waals surface area contributed by atoms with Crippen LogP contribution in [0.4, 0.5) is 0 Å². The number of esters is 2. The lowest BCUT2D eigenvalue weighted by Crippen LogP contribution is -2.72. The minimum absolute atomic E-state index is 0.00987. The molecule has 3 aliphatic heterocycles. The SMILES string of the molecule is CC(C)(CC[C@]1(C(=O)O[C@@H]2O[C@H](CO)[C@H](O)[C@H](O)[C@@H]2O)CC[C@]2(C)C(=CC[C@@H]3[C@@]4(C)C[C@@H](O)[C@H](O)[C@](C)(CO)[C@@H]4CC[C@]32C)C1)[C@@H]1O[C@@H]2[C@H](O)[C@@]3(C)[C@@H](CC[C@@]4(C)[C@@H]3CC=C3[C@@]4(C)CC[C@@]4(C(=O)O[C@H]5O[C@@H](CO)[C@H](O)[C@H](O)[C@@H]5O)CCC(C)(C)[C@@H](O)[C@@]34C)C[C@@]2(C)O1. The number of rotatable bonds is 11. The zero-order valence-electron chi connectivity index (χ0n) is 57.4. The number of aliphatic hydroxyl groups is 13. The van der Waals surface area contributed by atoms with Crippen molar-refractivity contribution in [1.82, 2.24) is 0 Å². The molecule has 9 aliphatic carbocycles. The third-order valence-corrected chi connectivity index (χ3v) is 30.9. The Balaban J connectivity index is 0.817. The molecule has 21 heteroatoms. The van der Waals surface area contributed by atoms with Crippen LogP contribution in [0.3, 0.4) is 0 Å². The van der Waals surface area contributed by atoms with Gasteiger partial charge in [0.25, 0.3) is 0 Å². The van der Waals surface area contributed by atoms with E-state index in [1.54, 1.807) is 0 Å². The Bertz CT molecular complexity index is 2950. The molecule has 3 heterocycles. The Morgan fingerprint density at radius 3 is 1.75 bits per heavy atom. The van der Waals surface area contributed by atoms with E-state index in [1.165, 1.54) is 0 Å². The van der Waals surface area contributed by atoms with Crippen LogP contribution in [0, 0.1) is 88.7 Å². The Labute approximate surface area is 549 Å². The average molecular weight is 1320 g/mol. The second-order valence-electron chi connectivity index (χ2n) is 35.8. The van der Waals surface area contributed by atoms with E-state index in [9.17, 15) is 66.4 Å². The summed E-state index contributed by atoms with van der Waals surface area (Å²) in [5.41, 5.74) is -7.72. The normalized spacial score (nSPS) is 55.6. The number of aliphatic hydroxyl groups excluding tert-OH is 13. The first kappa shape index (κ1) is 70.6. The molecule has 0 bridgehead atoms. The molecular weight excluding hydrogens is 1200 g/mol. The predicted molar refractivity (Wildman–Crippen MR) is 335 cm³/mol. The van der Waals surface area contributed by atoms with E-state index in [4.69, 9.17) is 28.4 Å². The molecule has 0 radical (unpaired) electrons. The molecule has 10 fully saturated rings. The minimum Gasteiger partial charge on any atom is -0.432 e. The van der Waals surface area contributed by atoms with Crippen LogP contribution < -0.4 is 0 Å². The molecule has 13 N–H and O–H groups in total. The smallest absolute Gasteiger partial charge is 0.315 e. The van der Waals surface area contributed by atoms with Crippen LogP contribution in [0.15, 0.2) is 23.3 Å². The summed E-state index contributed by atoms with van der Waals surface area (Å²) in [5.74, 6) is -1.38. The summed E-state index contributed by atoms with van der Waals surface area (Å²) in [7, 11) is 0.